The van der Waals surface area contributed by atoms with Crippen molar-refractivity contribution in [2.24, 2.45) is 0 Å². The molecule has 5 nitrogen and oxygen atoms in total. The van der Waals surface area contributed by atoms with Gasteiger partial charge in [0.1, 0.15) is 0 Å². The number of nitrogens with zero attached hydrogens (tertiary/aromatic N) is 1. The Morgan fingerprint density at radius 2 is 1.58 bits per heavy atom. The van der Waals surface area contributed by atoms with Crippen LogP contribution in [0.15, 0.2) is 47.3 Å². The standard InChI is InChI=1S/C14H8N2O3P.3C4H9.Sn/c17-14-9-5-1-3-7-11(9)15-13(16-14)10-6-2-4-8-12(10)19-20-18;3*1-3-4-2;/h2-8H,(H,15,16,17);3*1,3-4H2,2H3;. The Kier molecular flexibility index (Phi) is 9.93. The van der Waals surface area contributed by atoms with E-state index in [1.807, 2.05) is 12.1 Å². The van der Waals surface area contributed by atoms with Crippen LogP contribution in [0.3, 0.4) is 0 Å². The summed E-state index contributed by atoms with van der Waals surface area (Å²) in [5, 5.41) is 0.669. The molecule has 3 rings (SSSR count). The van der Waals surface area contributed by atoms with Gasteiger partial charge in [-0.05, 0) is 0 Å². The summed E-state index contributed by atoms with van der Waals surface area (Å²) in [6.07, 6.45) is 7.52. The second-order valence-electron chi connectivity index (χ2n) is 8.90. The van der Waals surface area contributed by atoms with Crippen LogP contribution in [0.2, 0.25) is 13.3 Å². The number of aromatic amines is 1. The van der Waals surface area contributed by atoms with Crippen LogP contribution in [-0.4, -0.2) is 28.3 Å². The van der Waals surface area contributed by atoms with E-state index in [2.05, 4.69) is 37.9 Å². The molecule has 0 spiro atoms. The van der Waals surface area contributed by atoms with E-state index >= 15 is 0 Å². The SMILES string of the molecule is CCC[CH2][Sn]([CH2]CCC)([CH2]CCC)[c]1ccc2nc(-c3ccccc3OP=O)[nH]c(=O)c2c1. The zero-order valence-electron chi connectivity index (χ0n) is 20.0. The van der Waals surface area contributed by atoms with E-state index < -0.39 is 27.1 Å². The third kappa shape index (κ3) is 6.24. The number of nitrogens with one attached hydrogen (secondary N) is 1. The van der Waals surface area contributed by atoms with Crippen molar-refractivity contribution < 1.29 is 9.09 Å². The Bertz CT molecular complexity index is 1110. The second-order valence-corrected chi connectivity index (χ2v) is 22.5. The van der Waals surface area contributed by atoms with Crippen molar-refractivity contribution in [2.45, 2.75) is 72.6 Å². The molecule has 0 bridgehead atoms. The fourth-order valence-electron chi connectivity index (χ4n) is 4.73. The number of aromatic nitrogens is 2. The van der Waals surface area contributed by atoms with Gasteiger partial charge in [0.05, 0.1) is 0 Å². The van der Waals surface area contributed by atoms with Crippen LogP contribution in [0.5, 0.6) is 5.75 Å². The van der Waals surface area contributed by atoms with Crippen LogP contribution in [-0.2, 0) is 4.57 Å². The molecule has 7 heteroatoms. The van der Waals surface area contributed by atoms with Crippen molar-refractivity contribution in [3.63, 3.8) is 0 Å². The van der Waals surface area contributed by atoms with Crippen molar-refractivity contribution in [1.82, 2.24) is 9.97 Å². The van der Waals surface area contributed by atoms with Gasteiger partial charge in [-0.2, -0.15) is 0 Å². The average molecular weight is 573 g/mol. The topological polar surface area (TPSA) is 72.0 Å². The zero-order chi connectivity index (χ0) is 23.7. The monoisotopic (exact) mass is 574 g/mol. The Balaban J connectivity index is 2.10. The Morgan fingerprint density at radius 3 is 2.18 bits per heavy atom. The van der Waals surface area contributed by atoms with E-state index in [1.54, 1.807) is 18.2 Å². The van der Waals surface area contributed by atoms with E-state index in [-0.39, 0.29) is 5.56 Å². The fraction of sp³-hybridized carbons (Fsp3) is 0.462. The van der Waals surface area contributed by atoms with E-state index in [0.29, 0.717) is 28.0 Å². The molecule has 0 atom stereocenters. The maximum atomic E-state index is 13.2. The van der Waals surface area contributed by atoms with Crippen molar-refractivity contribution in [3.8, 4) is 17.1 Å². The average Bonchev–Trinajstić information content (AvgIpc) is 2.84. The Hall–Kier alpha value is -1.72. The summed E-state index contributed by atoms with van der Waals surface area (Å²) in [5.41, 5.74) is 1.17. The molecule has 0 aliphatic carbocycles. The quantitative estimate of drug-likeness (QED) is 0.173. The molecule has 0 saturated carbocycles. The molecular weight excluding hydrogens is 538 g/mol. The van der Waals surface area contributed by atoms with Gasteiger partial charge in [0, 0.05) is 0 Å². The number of benzene rings is 2. The predicted octanol–water partition coefficient (Wildman–Crippen LogP) is 7.23. The molecule has 1 aromatic heterocycles. The summed E-state index contributed by atoms with van der Waals surface area (Å²) in [5.74, 6) is 0.847. The van der Waals surface area contributed by atoms with Crippen molar-refractivity contribution in [2.75, 3.05) is 0 Å². The van der Waals surface area contributed by atoms with Gasteiger partial charge in [-0.25, -0.2) is 0 Å². The molecule has 0 aliphatic rings. The summed E-state index contributed by atoms with van der Waals surface area (Å²) in [4.78, 5) is 20.9. The van der Waals surface area contributed by atoms with Gasteiger partial charge in [-0.15, -0.1) is 0 Å². The first kappa shape index (κ1) is 25.9. The van der Waals surface area contributed by atoms with E-state index in [0.717, 1.165) is 0 Å². The Morgan fingerprint density at radius 1 is 0.939 bits per heavy atom. The van der Waals surface area contributed by atoms with Gasteiger partial charge in [0.25, 0.3) is 0 Å². The zero-order valence-corrected chi connectivity index (χ0v) is 23.8. The first-order chi connectivity index (χ1) is 16.1. The van der Waals surface area contributed by atoms with Gasteiger partial charge >= 0.3 is 203 Å². The van der Waals surface area contributed by atoms with Crippen LogP contribution in [0.4, 0.5) is 0 Å². The minimum atomic E-state index is -2.64. The second kappa shape index (κ2) is 12.7. The molecule has 176 valence electrons. The number of para-hydroxylation sites is 1. The number of unbranched alkanes of at least 4 members (excludes halogenated alkanes) is 3. The fourth-order valence-corrected chi connectivity index (χ4v) is 20.9. The van der Waals surface area contributed by atoms with Crippen molar-refractivity contribution >= 4 is 41.5 Å². The number of hydrogen-bond acceptors (Lipinski definition) is 4. The Labute approximate surface area is 202 Å². The summed E-state index contributed by atoms with van der Waals surface area (Å²) >= 11 is -2.64. The van der Waals surface area contributed by atoms with E-state index in [1.165, 1.54) is 55.4 Å². The molecule has 0 aliphatic heterocycles. The van der Waals surface area contributed by atoms with Crippen LogP contribution in [0.1, 0.15) is 59.3 Å². The molecule has 0 radical (unpaired) electrons. The maximum absolute atomic E-state index is 13.2. The van der Waals surface area contributed by atoms with Gasteiger partial charge < -0.3 is 0 Å². The van der Waals surface area contributed by atoms with Crippen LogP contribution in [0, 0.1) is 0 Å². The molecule has 1 heterocycles. The molecule has 0 fully saturated rings. The molecule has 2 aromatic carbocycles. The number of H-pyrrole nitrogens is 1. The van der Waals surface area contributed by atoms with E-state index in [9.17, 15) is 9.36 Å². The third-order valence-electron chi connectivity index (χ3n) is 6.62. The number of fused-ring (bicyclic) bond motifs is 1. The predicted molar refractivity (Wildman–Crippen MR) is 141 cm³/mol. The van der Waals surface area contributed by atoms with Crippen molar-refractivity contribution in [3.05, 3.63) is 52.8 Å². The number of rotatable bonds is 13. The molecular formula is C26H35N2O3PSn. The molecule has 0 saturated heterocycles. The van der Waals surface area contributed by atoms with Gasteiger partial charge in [0.15, 0.2) is 0 Å². The summed E-state index contributed by atoms with van der Waals surface area (Å²) < 4.78 is 21.7. The summed E-state index contributed by atoms with van der Waals surface area (Å²) in [6, 6.07) is 13.6. The third-order valence-corrected chi connectivity index (χ3v) is 22.5. The van der Waals surface area contributed by atoms with Gasteiger partial charge in [0.2, 0.25) is 0 Å². The van der Waals surface area contributed by atoms with Crippen molar-refractivity contribution in [1.29, 1.82) is 0 Å². The van der Waals surface area contributed by atoms with Crippen LogP contribution in [0.25, 0.3) is 22.3 Å². The molecule has 0 amide bonds. The first-order valence-corrected chi connectivity index (χ1v) is 20.4. The molecule has 33 heavy (non-hydrogen) atoms. The first-order valence-electron chi connectivity index (χ1n) is 12.2. The normalized spacial score (nSPS) is 11.8. The minimum absolute atomic E-state index is 0.131. The molecule has 0 unspecified atom stereocenters. The van der Waals surface area contributed by atoms with E-state index in [4.69, 9.17) is 9.51 Å². The van der Waals surface area contributed by atoms with Gasteiger partial charge in [-0.3, -0.25) is 0 Å². The number of hydrogen-bond donors (Lipinski definition) is 1. The van der Waals surface area contributed by atoms with Gasteiger partial charge in [-0.1, -0.05) is 0 Å². The molecule has 3 aromatic rings. The summed E-state index contributed by atoms with van der Waals surface area (Å²) in [7, 11) is -0.443. The molecule has 1 N–H and O–H groups in total. The summed E-state index contributed by atoms with van der Waals surface area (Å²) in [6.45, 7) is 6.84. The van der Waals surface area contributed by atoms with Crippen LogP contribution < -0.4 is 13.7 Å². The van der Waals surface area contributed by atoms with Crippen LogP contribution >= 0.6 is 8.69 Å².